The third-order valence-electron chi connectivity index (χ3n) is 1.56. The number of rotatable bonds is 2. The van der Waals surface area contributed by atoms with Gasteiger partial charge in [0, 0.05) is 23.4 Å². The van der Waals surface area contributed by atoms with E-state index in [0.717, 1.165) is 24.1 Å². The van der Waals surface area contributed by atoms with E-state index in [4.69, 9.17) is 5.41 Å². The van der Waals surface area contributed by atoms with E-state index in [1.54, 1.807) is 0 Å². The Labute approximate surface area is 100 Å². The molecule has 0 saturated carbocycles. The molecule has 4 nitrogen and oxygen atoms in total. The second kappa shape index (κ2) is 6.73. The van der Waals surface area contributed by atoms with Crippen LogP contribution in [0.25, 0.3) is 0 Å². The fourth-order valence-corrected chi connectivity index (χ4v) is 0.914. The van der Waals surface area contributed by atoms with Crippen LogP contribution in [0.1, 0.15) is 33.3 Å². The van der Waals surface area contributed by atoms with Crippen LogP contribution >= 0.6 is 0 Å². The van der Waals surface area contributed by atoms with E-state index >= 15 is 0 Å². The van der Waals surface area contributed by atoms with Crippen molar-refractivity contribution in [2.24, 2.45) is 5.92 Å². The first-order valence-electron chi connectivity index (χ1n) is 5.25. The molecule has 1 aromatic carbocycles. The Kier molecular flexibility index (Phi) is 6.02. The highest BCUT2D eigenvalue weighted by atomic mass is 19.1. The van der Waals surface area contributed by atoms with Gasteiger partial charge in [0.1, 0.15) is 5.82 Å². The maximum absolute atomic E-state index is 12.9. The van der Waals surface area contributed by atoms with Crippen molar-refractivity contribution in [2.75, 3.05) is 0 Å². The van der Waals surface area contributed by atoms with Gasteiger partial charge in [0.25, 0.3) is 5.69 Å². The second-order valence-corrected chi connectivity index (χ2v) is 4.28. The SMILES string of the molecule is CC(=N)c1cc([N+](=O)[O-])ccc1F.CC(C)C. The fourth-order valence-electron chi connectivity index (χ4n) is 0.914. The molecule has 0 bridgehead atoms. The summed E-state index contributed by atoms with van der Waals surface area (Å²) in [6, 6.07) is 3.12. The summed E-state index contributed by atoms with van der Waals surface area (Å²) in [5.41, 5.74) is -0.265. The molecule has 1 N–H and O–H groups in total. The Balaban J connectivity index is 0.000000557. The Hall–Kier alpha value is -1.78. The summed E-state index contributed by atoms with van der Waals surface area (Å²) in [5.74, 6) is 0.220. The lowest BCUT2D eigenvalue weighted by atomic mass is 10.1. The van der Waals surface area contributed by atoms with Crippen molar-refractivity contribution < 1.29 is 9.31 Å². The number of benzene rings is 1. The zero-order valence-electron chi connectivity index (χ0n) is 10.5. The largest absolute Gasteiger partial charge is 0.305 e. The summed E-state index contributed by atoms with van der Waals surface area (Å²) in [6.07, 6.45) is 0. The first-order valence-corrected chi connectivity index (χ1v) is 5.25. The summed E-state index contributed by atoms with van der Waals surface area (Å²) in [5, 5.41) is 17.5. The van der Waals surface area contributed by atoms with Crippen LogP contribution in [0.4, 0.5) is 10.1 Å². The van der Waals surface area contributed by atoms with Gasteiger partial charge in [-0.1, -0.05) is 20.8 Å². The standard InChI is InChI=1S/C8H7FN2O2.C4H10/c1-5(10)7-4-6(11(12)13)2-3-8(7)9;1-4(2)3/h2-4,10H,1H3;4H,1-3H3. The molecule has 94 valence electrons. The van der Waals surface area contributed by atoms with Gasteiger partial charge in [-0.3, -0.25) is 10.1 Å². The average Bonchev–Trinajstić information content (AvgIpc) is 2.16. The third kappa shape index (κ3) is 5.75. The number of nitrogens with one attached hydrogen (secondary N) is 1. The minimum atomic E-state index is -0.619. The van der Waals surface area contributed by atoms with E-state index < -0.39 is 10.7 Å². The lowest BCUT2D eigenvalue weighted by Gasteiger charge is -1.99. The van der Waals surface area contributed by atoms with Crippen molar-refractivity contribution in [1.82, 2.24) is 0 Å². The van der Waals surface area contributed by atoms with E-state index in [2.05, 4.69) is 20.8 Å². The van der Waals surface area contributed by atoms with Crippen molar-refractivity contribution in [3.63, 3.8) is 0 Å². The second-order valence-electron chi connectivity index (χ2n) is 4.28. The van der Waals surface area contributed by atoms with Gasteiger partial charge in [0.15, 0.2) is 0 Å². The molecular formula is C12H17FN2O2. The monoisotopic (exact) mass is 240 g/mol. The minimum Gasteiger partial charge on any atom is -0.305 e. The molecule has 0 radical (unpaired) electrons. The van der Waals surface area contributed by atoms with Gasteiger partial charge in [-0.05, 0) is 18.9 Å². The molecule has 0 fully saturated rings. The summed E-state index contributed by atoms with van der Waals surface area (Å²) in [4.78, 5) is 9.68. The highest BCUT2D eigenvalue weighted by Gasteiger charge is 2.11. The van der Waals surface area contributed by atoms with Crippen LogP contribution in [0.5, 0.6) is 0 Å². The van der Waals surface area contributed by atoms with Crippen LogP contribution in [-0.4, -0.2) is 10.6 Å². The number of non-ortho nitro benzene ring substituents is 1. The molecule has 0 aliphatic heterocycles. The molecule has 0 aliphatic carbocycles. The first kappa shape index (κ1) is 15.2. The third-order valence-corrected chi connectivity index (χ3v) is 1.56. The molecule has 0 spiro atoms. The van der Waals surface area contributed by atoms with Crippen LogP contribution in [0, 0.1) is 27.3 Å². The summed E-state index contributed by atoms with van der Waals surface area (Å²) in [7, 11) is 0. The molecule has 0 aliphatic rings. The van der Waals surface area contributed by atoms with E-state index in [1.165, 1.54) is 6.92 Å². The Morgan fingerprint density at radius 2 is 1.88 bits per heavy atom. The van der Waals surface area contributed by atoms with Gasteiger partial charge in [-0.25, -0.2) is 4.39 Å². The van der Waals surface area contributed by atoms with Crippen LogP contribution in [0.2, 0.25) is 0 Å². The van der Waals surface area contributed by atoms with Gasteiger partial charge >= 0.3 is 0 Å². The smallest absolute Gasteiger partial charge is 0.270 e. The number of nitro benzene ring substituents is 1. The molecule has 0 aromatic heterocycles. The lowest BCUT2D eigenvalue weighted by Crippen LogP contribution is -1.98. The molecule has 0 unspecified atom stereocenters. The maximum atomic E-state index is 12.9. The molecule has 5 heteroatoms. The Morgan fingerprint density at radius 1 is 1.41 bits per heavy atom. The minimum absolute atomic E-state index is 0.0267. The van der Waals surface area contributed by atoms with E-state index in [0.29, 0.717) is 0 Å². The normalized spacial score (nSPS) is 9.53. The molecule has 0 amide bonds. The number of nitrogens with zero attached hydrogens (tertiary/aromatic N) is 1. The maximum Gasteiger partial charge on any atom is 0.270 e. The van der Waals surface area contributed by atoms with Gasteiger partial charge in [-0.15, -0.1) is 0 Å². The molecule has 1 rings (SSSR count). The highest BCUT2D eigenvalue weighted by molar-refractivity contribution is 5.96. The van der Waals surface area contributed by atoms with Crippen LogP contribution in [0.3, 0.4) is 0 Å². The quantitative estimate of drug-likeness (QED) is 0.485. The van der Waals surface area contributed by atoms with Crippen molar-refractivity contribution in [3.8, 4) is 0 Å². The highest BCUT2D eigenvalue weighted by Crippen LogP contribution is 2.16. The number of nitro groups is 1. The number of halogens is 1. The zero-order valence-corrected chi connectivity index (χ0v) is 10.5. The van der Waals surface area contributed by atoms with Crippen molar-refractivity contribution >= 4 is 11.4 Å². The molecule has 0 saturated heterocycles. The average molecular weight is 240 g/mol. The Bertz CT molecular complexity index is 414. The number of hydrogen-bond donors (Lipinski definition) is 1. The van der Waals surface area contributed by atoms with Crippen molar-refractivity contribution in [2.45, 2.75) is 27.7 Å². The van der Waals surface area contributed by atoms with Crippen molar-refractivity contribution in [1.29, 1.82) is 5.41 Å². The lowest BCUT2D eigenvalue weighted by molar-refractivity contribution is -0.384. The molecule has 1 aromatic rings. The predicted molar refractivity (Wildman–Crippen MR) is 66.1 cm³/mol. The van der Waals surface area contributed by atoms with Gasteiger partial charge in [0.2, 0.25) is 0 Å². The summed E-state index contributed by atoms with van der Waals surface area (Å²) in [6.45, 7) is 7.88. The number of hydrogen-bond acceptors (Lipinski definition) is 3. The summed E-state index contributed by atoms with van der Waals surface area (Å²) < 4.78 is 12.9. The zero-order chi connectivity index (χ0) is 13.6. The summed E-state index contributed by atoms with van der Waals surface area (Å²) >= 11 is 0. The molecule has 0 heterocycles. The van der Waals surface area contributed by atoms with Crippen LogP contribution in [0.15, 0.2) is 18.2 Å². The van der Waals surface area contributed by atoms with Gasteiger partial charge < -0.3 is 5.41 Å². The van der Waals surface area contributed by atoms with Crippen LogP contribution in [-0.2, 0) is 0 Å². The van der Waals surface area contributed by atoms with E-state index in [-0.39, 0.29) is 17.0 Å². The van der Waals surface area contributed by atoms with Gasteiger partial charge in [-0.2, -0.15) is 0 Å². The van der Waals surface area contributed by atoms with E-state index in [1.807, 2.05) is 0 Å². The predicted octanol–water partition coefficient (Wildman–Crippen LogP) is 3.78. The van der Waals surface area contributed by atoms with E-state index in [9.17, 15) is 14.5 Å². The van der Waals surface area contributed by atoms with Crippen molar-refractivity contribution in [3.05, 3.63) is 39.7 Å². The molecule has 17 heavy (non-hydrogen) atoms. The fraction of sp³-hybridized carbons (Fsp3) is 0.417. The topological polar surface area (TPSA) is 67.0 Å². The Morgan fingerprint density at radius 3 is 2.24 bits per heavy atom. The first-order chi connectivity index (χ1) is 7.75. The molecular weight excluding hydrogens is 223 g/mol. The van der Waals surface area contributed by atoms with Crippen LogP contribution < -0.4 is 0 Å². The molecule has 0 atom stereocenters. The van der Waals surface area contributed by atoms with Gasteiger partial charge in [0.05, 0.1) is 4.92 Å².